The minimum Gasteiger partial charge on any atom is -0.482 e. The number of esters is 2. The van der Waals surface area contributed by atoms with Gasteiger partial charge in [0.15, 0.2) is 18.1 Å². The van der Waals surface area contributed by atoms with Gasteiger partial charge in [0.25, 0.3) is 0 Å². The third-order valence-corrected chi connectivity index (χ3v) is 7.81. The second-order valence-corrected chi connectivity index (χ2v) is 10.5. The molecule has 0 N–H and O–H groups in total. The monoisotopic (exact) mass is 605 g/mol. The van der Waals surface area contributed by atoms with Crippen LogP contribution in [-0.4, -0.2) is 103 Å². The first-order valence-corrected chi connectivity index (χ1v) is 14.7. The Morgan fingerprint density at radius 1 is 0.909 bits per heavy atom. The number of piperazine rings is 1. The van der Waals surface area contributed by atoms with E-state index in [2.05, 4.69) is 4.90 Å². The molecule has 2 aromatic rings. The lowest BCUT2D eigenvalue weighted by atomic mass is 9.96. The number of piperidine rings is 1. The van der Waals surface area contributed by atoms with Crippen molar-refractivity contribution in [3.8, 4) is 5.75 Å². The van der Waals surface area contributed by atoms with Crippen LogP contribution in [0, 0.1) is 0 Å². The fraction of sp³-hybridized carbons (Fsp3) is 0.406. The zero-order chi connectivity index (χ0) is 31.2. The molecule has 2 amide bonds. The number of likely N-dealkylation sites (tertiary alicyclic amines) is 1. The van der Waals surface area contributed by atoms with Crippen LogP contribution in [0.25, 0.3) is 5.76 Å². The highest BCUT2D eigenvalue weighted by atomic mass is 16.6. The van der Waals surface area contributed by atoms with E-state index in [1.807, 2.05) is 6.07 Å². The van der Waals surface area contributed by atoms with Crippen molar-refractivity contribution in [1.82, 2.24) is 14.7 Å². The normalized spacial score (nSPS) is 20.2. The molecule has 1 atom stereocenters. The minimum absolute atomic E-state index is 0.0565. The highest BCUT2D eigenvalue weighted by Gasteiger charge is 2.39. The van der Waals surface area contributed by atoms with E-state index in [9.17, 15) is 24.0 Å². The third-order valence-electron chi connectivity index (χ3n) is 7.81. The Bertz CT molecular complexity index is 1470. The highest BCUT2D eigenvalue weighted by molar-refractivity contribution is 6.03. The molecule has 2 saturated heterocycles. The van der Waals surface area contributed by atoms with Crippen molar-refractivity contribution in [1.29, 1.82) is 0 Å². The van der Waals surface area contributed by atoms with Crippen LogP contribution in [0.5, 0.6) is 5.75 Å². The molecule has 0 aliphatic carbocycles. The van der Waals surface area contributed by atoms with E-state index in [4.69, 9.17) is 18.9 Å². The topological polar surface area (TPSA) is 132 Å². The summed E-state index contributed by atoms with van der Waals surface area (Å²) in [5, 5.41) is 0. The number of carbonyl (C=O) groups excluding carboxylic acids is 5. The summed E-state index contributed by atoms with van der Waals surface area (Å²) in [6.07, 6.45) is 0.473. The number of carbonyl (C=O) groups is 5. The molecular formula is C32H35N3O9. The van der Waals surface area contributed by atoms with E-state index in [0.29, 0.717) is 66.4 Å². The lowest BCUT2D eigenvalue weighted by molar-refractivity contribution is -0.145. The molecule has 0 aromatic heterocycles. The molecule has 2 fully saturated rings. The van der Waals surface area contributed by atoms with Crippen LogP contribution in [-0.2, 0) is 23.8 Å². The van der Waals surface area contributed by atoms with Crippen molar-refractivity contribution >= 4 is 35.5 Å². The molecule has 3 heterocycles. The molecule has 3 aliphatic rings. The summed E-state index contributed by atoms with van der Waals surface area (Å²) in [6, 6.07) is 13.4. The second kappa shape index (κ2) is 13.7. The number of Topliss-reactive ketones (excluding diaryl/α,β-unsaturated/α-hetero) is 1. The van der Waals surface area contributed by atoms with Gasteiger partial charge in [-0.1, -0.05) is 18.2 Å². The second-order valence-electron chi connectivity index (χ2n) is 10.5. The van der Waals surface area contributed by atoms with Crippen LogP contribution >= 0.6 is 0 Å². The van der Waals surface area contributed by atoms with Crippen molar-refractivity contribution in [2.45, 2.75) is 32.7 Å². The summed E-state index contributed by atoms with van der Waals surface area (Å²) < 4.78 is 21.2. The Kier molecular flexibility index (Phi) is 9.59. The van der Waals surface area contributed by atoms with Crippen LogP contribution < -0.4 is 4.74 Å². The molecule has 0 bridgehead atoms. The molecule has 44 heavy (non-hydrogen) atoms. The van der Waals surface area contributed by atoms with Gasteiger partial charge in [-0.15, -0.1) is 0 Å². The molecular weight excluding hydrogens is 570 g/mol. The van der Waals surface area contributed by atoms with Gasteiger partial charge in [0, 0.05) is 43.2 Å². The fourth-order valence-corrected chi connectivity index (χ4v) is 5.61. The molecule has 1 unspecified atom stereocenters. The number of benzene rings is 2. The van der Waals surface area contributed by atoms with Gasteiger partial charge >= 0.3 is 18.0 Å². The number of cyclic esters (lactones) is 1. The smallest absolute Gasteiger partial charge is 0.414 e. The predicted octanol–water partition coefficient (Wildman–Crippen LogP) is 3.12. The molecule has 0 saturated carbocycles. The van der Waals surface area contributed by atoms with Gasteiger partial charge in [0.05, 0.1) is 37.6 Å². The van der Waals surface area contributed by atoms with Crippen molar-refractivity contribution in [2.24, 2.45) is 0 Å². The number of hydrogen-bond acceptors (Lipinski definition) is 10. The summed E-state index contributed by atoms with van der Waals surface area (Å²) in [4.78, 5) is 68.2. The SMILES string of the molecule is CCOC(=O)COc1ccc(C(=O)CN2CCN(C3CCN(C(=O)OCC)/C(=C4\OC(=O)c5ccccc54)C3)CC2=O)cc1. The van der Waals surface area contributed by atoms with Crippen molar-refractivity contribution in [2.75, 3.05) is 52.5 Å². The lowest BCUT2D eigenvalue weighted by Crippen LogP contribution is -2.56. The maximum absolute atomic E-state index is 13.2. The van der Waals surface area contributed by atoms with E-state index in [1.165, 1.54) is 4.90 Å². The maximum Gasteiger partial charge on any atom is 0.414 e. The highest BCUT2D eigenvalue weighted by Crippen LogP contribution is 2.38. The molecule has 5 rings (SSSR count). The van der Waals surface area contributed by atoms with Gasteiger partial charge in [-0.3, -0.25) is 19.4 Å². The summed E-state index contributed by atoms with van der Waals surface area (Å²) in [7, 11) is 0. The molecule has 12 nitrogen and oxygen atoms in total. The maximum atomic E-state index is 13.2. The van der Waals surface area contributed by atoms with E-state index in [-0.39, 0.29) is 50.6 Å². The summed E-state index contributed by atoms with van der Waals surface area (Å²) in [5.41, 5.74) is 2.05. The Morgan fingerprint density at radius 3 is 2.34 bits per heavy atom. The Labute approximate surface area is 255 Å². The van der Waals surface area contributed by atoms with Gasteiger partial charge in [-0.25, -0.2) is 14.4 Å². The zero-order valence-corrected chi connectivity index (χ0v) is 24.8. The molecule has 12 heteroatoms. The first-order chi connectivity index (χ1) is 21.3. The van der Waals surface area contributed by atoms with Crippen LogP contribution in [0.2, 0.25) is 0 Å². The van der Waals surface area contributed by atoms with Gasteiger partial charge in [0.2, 0.25) is 5.91 Å². The summed E-state index contributed by atoms with van der Waals surface area (Å²) in [6.45, 7) is 5.02. The lowest BCUT2D eigenvalue weighted by Gasteiger charge is -2.43. The fourth-order valence-electron chi connectivity index (χ4n) is 5.61. The van der Waals surface area contributed by atoms with Crippen molar-refractivity contribution < 1.29 is 42.9 Å². The number of fused-ring (bicyclic) bond motifs is 1. The average molecular weight is 606 g/mol. The number of nitrogens with zero attached hydrogens (tertiary/aromatic N) is 3. The van der Waals surface area contributed by atoms with Crippen LogP contribution in [0.15, 0.2) is 54.2 Å². The molecule has 2 aromatic carbocycles. The van der Waals surface area contributed by atoms with E-state index in [1.54, 1.807) is 61.2 Å². The Balaban J connectivity index is 1.22. The summed E-state index contributed by atoms with van der Waals surface area (Å²) in [5.74, 6) is -0.551. The molecule has 0 radical (unpaired) electrons. The number of rotatable bonds is 9. The average Bonchev–Trinajstić information content (AvgIpc) is 3.37. The standard InChI is InChI=1S/C32H35N3O9/c1-3-41-29(38)20-43-23-11-9-21(10-12-23)27(36)18-34-16-15-33(19-28(34)37)22-13-14-35(32(40)42-4-2)26(17-22)30-24-7-5-6-8-25(24)31(39)44-30/h5-12,22H,3-4,13-20H2,1-2H3/b30-26-. The predicted molar refractivity (Wildman–Crippen MR) is 157 cm³/mol. The quantitative estimate of drug-likeness (QED) is 0.239. The first kappa shape index (κ1) is 30.7. The van der Waals surface area contributed by atoms with Crippen molar-refractivity contribution in [3.63, 3.8) is 0 Å². The molecule has 232 valence electrons. The van der Waals surface area contributed by atoms with Crippen LogP contribution in [0.4, 0.5) is 4.79 Å². The van der Waals surface area contributed by atoms with E-state index < -0.39 is 18.0 Å². The minimum atomic E-state index is -0.508. The number of hydrogen-bond donors (Lipinski definition) is 0. The number of ketones is 1. The van der Waals surface area contributed by atoms with Crippen molar-refractivity contribution in [3.05, 3.63) is 70.9 Å². The Morgan fingerprint density at radius 2 is 1.64 bits per heavy atom. The molecule has 3 aliphatic heterocycles. The first-order valence-electron chi connectivity index (χ1n) is 14.7. The number of ether oxygens (including phenoxy) is 4. The van der Waals surface area contributed by atoms with E-state index in [0.717, 1.165) is 0 Å². The molecule has 0 spiro atoms. The van der Waals surface area contributed by atoms with Gasteiger partial charge < -0.3 is 23.8 Å². The van der Waals surface area contributed by atoms with Gasteiger partial charge in [-0.05, 0) is 50.6 Å². The summed E-state index contributed by atoms with van der Waals surface area (Å²) >= 11 is 0. The van der Waals surface area contributed by atoms with Gasteiger partial charge in [-0.2, -0.15) is 0 Å². The Hall–Kier alpha value is -4.71. The van der Waals surface area contributed by atoms with Gasteiger partial charge in [0.1, 0.15) is 5.75 Å². The van der Waals surface area contributed by atoms with Crippen LogP contribution in [0.1, 0.15) is 53.0 Å². The third kappa shape index (κ3) is 6.75. The van der Waals surface area contributed by atoms with E-state index >= 15 is 0 Å². The largest absolute Gasteiger partial charge is 0.482 e. The number of amides is 2. The van der Waals surface area contributed by atoms with Crippen LogP contribution in [0.3, 0.4) is 0 Å². The zero-order valence-electron chi connectivity index (χ0n) is 24.8.